The van der Waals surface area contributed by atoms with Crippen molar-refractivity contribution in [2.75, 3.05) is 21.3 Å². The van der Waals surface area contributed by atoms with Gasteiger partial charge < -0.3 is 14.2 Å². The molecule has 3 unspecified atom stereocenters. The molecule has 1 saturated heterocycles. The summed E-state index contributed by atoms with van der Waals surface area (Å²) >= 11 is 0. The topological polar surface area (TPSA) is 73.9 Å². The summed E-state index contributed by atoms with van der Waals surface area (Å²) in [7, 11) is 5.40. The molecule has 1 aliphatic rings. The number of nitrogens with one attached hydrogen (secondary N) is 1. The Morgan fingerprint density at radius 1 is 1.10 bits per heavy atom. The number of carbonyl (C=O) groups is 2. The maximum Gasteiger partial charge on any atom is 0.236 e. The van der Waals surface area contributed by atoms with Gasteiger partial charge in [0.2, 0.25) is 17.6 Å². The van der Waals surface area contributed by atoms with E-state index in [1.807, 2.05) is 20.8 Å². The molecule has 0 aromatic rings. The van der Waals surface area contributed by atoms with E-state index in [1.54, 1.807) is 7.11 Å². The van der Waals surface area contributed by atoms with E-state index in [2.05, 4.69) is 5.32 Å². The third kappa shape index (κ3) is 3.06. The number of hydrogen-bond acceptors (Lipinski definition) is 5. The molecule has 0 radical (unpaired) electrons. The second kappa shape index (κ2) is 6.56. The van der Waals surface area contributed by atoms with Gasteiger partial charge in [0.05, 0.1) is 5.92 Å². The average molecular weight is 317 g/mol. The Labute approximate surface area is 129 Å². The van der Waals surface area contributed by atoms with Crippen molar-refractivity contribution in [2.24, 2.45) is 17.3 Å². The maximum absolute atomic E-state index is 12.4. The molecule has 3 atom stereocenters. The highest BCUT2D eigenvalue weighted by atomic mass is 28.1. The predicted molar refractivity (Wildman–Crippen MR) is 81.9 cm³/mol. The van der Waals surface area contributed by atoms with Crippen molar-refractivity contribution in [3.8, 4) is 0 Å². The second-order valence-corrected chi connectivity index (χ2v) is 7.25. The number of ether oxygens (including phenoxy) is 3. The zero-order chi connectivity index (χ0) is 16.4. The molecular formula is C14H27NO5Si. The van der Waals surface area contributed by atoms with Gasteiger partial charge in [-0.2, -0.15) is 0 Å². The van der Waals surface area contributed by atoms with Gasteiger partial charge in [0, 0.05) is 31.6 Å². The van der Waals surface area contributed by atoms with E-state index in [0.29, 0.717) is 0 Å². The molecule has 122 valence electrons. The quantitative estimate of drug-likeness (QED) is 0.414. The Morgan fingerprint density at radius 3 is 1.90 bits per heavy atom. The number of rotatable bonds is 6. The molecule has 6 nitrogen and oxygen atoms in total. The van der Waals surface area contributed by atoms with Crippen LogP contribution in [-0.2, 0) is 23.8 Å². The highest BCUT2D eigenvalue weighted by molar-refractivity contribution is 6.09. The lowest BCUT2D eigenvalue weighted by molar-refractivity contribution is -0.290. The van der Waals surface area contributed by atoms with Crippen molar-refractivity contribution >= 4 is 22.1 Å². The van der Waals surface area contributed by atoms with Crippen LogP contribution in [0, 0.1) is 17.3 Å². The summed E-state index contributed by atoms with van der Waals surface area (Å²) in [6.45, 7) is 5.80. The zero-order valence-electron chi connectivity index (χ0n) is 14.0. The molecule has 0 aliphatic carbocycles. The average Bonchev–Trinajstić information content (AvgIpc) is 2.71. The Balaban J connectivity index is 3.40. The summed E-state index contributed by atoms with van der Waals surface area (Å²) in [6.07, 6.45) is -0.398. The maximum atomic E-state index is 12.4. The smallest absolute Gasteiger partial charge is 0.236 e. The lowest BCUT2D eigenvalue weighted by atomic mass is 9.70. The first-order valence-electron chi connectivity index (χ1n) is 7.17. The van der Waals surface area contributed by atoms with Crippen LogP contribution in [0.4, 0.5) is 0 Å². The van der Waals surface area contributed by atoms with Gasteiger partial charge in [0.25, 0.3) is 0 Å². The van der Waals surface area contributed by atoms with E-state index < -0.39 is 29.1 Å². The standard InChI is InChI=1S/C14H27NO5Si/c1-13(2,3)9-10(12(17)15-11(9)16)14(19-5,20-6)8(7-21)18-4/h8-10H,7H2,1-6,21H3,(H,15,16,17). The Bertz CT molecular complexity index is 399. The normalized spacial score (nSPS) is 25.2. The van der Waals surface area contributed by atoms with E-state index in [4.69, 9.17) is 14.2 Å². The van der Waals surface area contributed by atoms with E-state index in [9.17, 15) is 9.59 Å². The molecule has 1 fully saturated rings. The molecule has 0 bridgehead atoms. The number of imide groups is 1. The van der Waals surface area contributed by atoms with Crippen molar-refractivity contribution in [1.82, 2.24) is 5.32 Å². The molecule has 1 heterocycles. The number of hydrogen-bond donors (Lipinski definition) is 1. The Kier molecular flexibility index (Phi) is 5.71. The van der Waals surface area contributed by atoms with E-state index in [0.717, 1.165) is 16.3 Å². The highest BCUT2D eigenvalue weighted by Crippen LogP contribution is 2.45. The van der Waals surface area contributed by atoms with Crippen LogP contribution in [-0.4, -0.2) is 55.3 Å². The van der Waals surface area contributed by atoms with Crippen molar-refractivity contribution < 1.29 is 23.8 Å². The van der Waals surface area contributed by atoms with Crippen LogP contribution in [0.25, 0.3) is 0 Å². The van der Waals surface area contributed by atoms with Crippen LogP contribution in [0.15, 0.2) is 0 Å². The summed E-state index contributed by atoms with van der Waals surface area (Å²) < 4.78 is 16.7. The first-order chi connectivity index (χ1) is 9.69. The lowest BCUT2D eigenvalue weighted by Gasteiger charge is -2.44. The predicted octanol–water partition coefficient (Wildman–Crippen LogP) is -0.291. The van der Waals surface area contributed by atoms with E-state index in [-0.39, 0.29) is 11.8 Å². The minimum atomic E-state index is -1.26. The molecule has 1 aliphatic heterocycles. The third-order valence-corrected chi connectivity index (χ3v) is 4.99. The van der Waals surface area contributed by atoms with Crippen LogP contribution in [0.3, 0.4) is 0 Å². The molecule has 0 saturated carbocycles. The lowest BCUT2D eigenvalue weighted by Crippen LogP contribution is -2.58. The molecule has 1 N–H and O–H groups in total. The molecule has 0 spiro atoms. The van der Waals surface area contributed by atoms with Gasteiger partial charge in [-0.1, -0.05) is 20.8 Å². The molecule has 1 rings (SSSR count). The summed E-state index contributed by atoms with van der Waals surface area (Å²) in [5, 5.41) is 2.42. The van der Waals surface area contributed by atoms with Gasteiger partial charge in [-0.05, 0) is 11.5 Å². The Hall–Kier alpha value is -0.763. The van der Waals surface area contributed by atoms with Gasteiger partial charge in [-0.3, -0.25) is 14.9 Å². The SMILES string of the molecule is COC(C[SiH3])C(OC)(OC)C1C(=O)NC(=O)C1C(C)(C)C. The Morgan fingerprint density at radius 2 is 1.57 bits per heavy atom. The van der Waals surface area contributed by atoms with Gasteiger partial charge in [0.1, 0.15) is 12.0 Å². The monoisotopic (exact) mass is 317 g/mol. The largest absolute Gasteiger partial charge is 0.376 e. The van der Waals surface area contributed by atoms with E-state index >= 15 is 0 Å². The van der Waals surface area contributed by atoms with Crippen LogP contribution in [0.5, 0.6) is 0 Å². The van der Waals surface area contributed by atoms with Crippen LogP contribution >= 0.6 is 0 Å². The van der Waals surface area contributed by atoms with Gasteiger partial charge >= 0.3 is 0 Å². The first-order valence-corrected chi connectivity index (χ1v) is 8.58. The minimum absolute atomic E-state index is 0.279. The van der Waals surface area contributed by atoms with Crippen LogP contribution in [0.2, 0.25) is 6.04 Å². The minimum Gasteiger partial charge on any atom is -0.376 e. The summed E-state index contributed by atoms with van der Waals surface area (Å²) in [6, 6.07) is 0.729. The second-order valence-electron chi connectivity index (χ2n) is 6.44. The molecule has 7 heteroatoms. The van der Waals surface area contributed by atoms with Crippen molar-refractivity contribution in [2.45, 2.75) is 38.7 Å². The van der Waals surface area contributed by atoms with Gasteiger partial charge in [-0.15, -0.1) is 0 Å². The summed E-state index contributed by atoms with van der Waals surface area (Å²) in [4.78, 5) is 24.7. The van der Waals surface area contributed by atoms with Gasteiger partial charge in [-0.25, -0.2) is 0 Å². The molecule has 21 heavy (non-hydrogen) atoms. The van der Waals surface area contributed by atoms with Gasteiger partial charge in [0.15, 0.2) is 0 Å². The molecule has 0 aromatic carbocycles. The fraction of sp³-hybridized carbons (Fsp3) is 0.857. The third-order valence-electron chi connectivity index (χ3n) is 4.25. The number of amides is 2. The number of carbonyl (C=O) groups excluding carboxylic acids is 2. The fourth-order valence-electron chi connectivity index (χ4n) is 3.30. The zero-order valence-corrected chi connectivity index (χ0v) is 16.0. The van der Waals surface area contributed by atoms with Crippen LogP contribution < -0.4 is 5.32 Å². The number of methoxy groups -OCH3 is 3. The van der Waals surface area contributed by atoms with Crippen molar-refractivity contribution in [1.29, 1.82) is 0 Å². The molecular weight excluding hydrogens is 290 g/mol. The molecule has 2 amide bonds. The molecule has 0 aromatic heterocycles. The first kappa shape index (κ1) is 18.3. The van der Waals surface area contributed by atoms with Crippen LogP contribution in [0.1, 0.15) is 20.8 Å². The highest BCUT2D eigenvalue weighted by Gasteiger charge is 2.61. The fourth-order valence-corrected chi connectivity index (χ4v) is 4.21. The van der Waals surface area contributed by atoms with Crippen molar-refractivity contribution in [3.63, 3.8) is 0 Å². The van der Waals surface area contributed by atoms with Crippen molar-refractivity contribution in [3.05, 3.63) is 0 Å². The van der Waals surface area contributed by atoms with E-state index in [1.165, 1.54) is 14.2 Å². The summed E-state index contributed by atoms with van der Waals surface area (Å²) in [5.74, 6) is -3.17. The summed E-state index contributed by atoms with van der Waals surface area (Å²) in [5.41, 5.74) is -0.396.